The maximum absolute atomic E-state index is 13.6. The number of anilines is 1. The number of aromatic nitrogens is 1. The smallest absolute Gasteiger partial charge is 0.330 e. The van der Waals surface area contributed by atoms with Crippen molar-refractivity contribution in [2.24, 2.45) is 23.2 Å². The number of nitrogens with one attached hydrogen (secondary N) is 2. The number of rotatable bonds is 10. The van der Waals surface area contributed by atoms with Crippen LogP contribution in [0.3, 0.4) is 0 Å². The van der Waals surface area contributed by atoms with Crippen molar-refractivity contribution in [1.29, 1.82) is 0 Å². The maximum Gasteiger partial charge on any atom is 0.330 e. The van der Waals surface area contributed by atoms with Crippen LogP contribution in [0.4, 0.5) is 5.69 Å². The predicted octanol–water partition coefficient (Wildman–Crippen LogP) is 5.37. The number of allylic oxidation sites excluding steroid dienone is 1. The zero-order valence-corrected chi connectivity index (χ0v) is 24.8. The molecule has 3 aromatic rings. The number of pyridine rings is 1. The Morgan fingerprint density at radius 3 is 2.44 bits per heavy atom. The third kappa shape index (κ3) is 6.03. The Morgan fingerprint density at radius 2 is 1.77 bits per heavy atom. The van der Waals surface area contributed by atoms with Crippen molar-refractivity contribution in [2.75, 3.05) is 12.4 Å². The van der Waals surface area contributed by atoms with Crippen molar-refractivity contribution in [2.45, 2.75) is 70.9 Å². The first-order chi connectivity index (χ1) is 20.7. The van der Waals surface area contributed by atoms with Gasteiger partial charge in [-0.2, -0.15) is 0 Å². The van der Waals surface area contributed by atoms with E-state index in [0.29, 0.717) is 24.1 Å². The molecular weight excluding hydrogens is 546 g/mol. The lowest BCUT2D eigenvalue weighted by Gasteiger charge is -2.57. The standard InChI is InChI=1S/C34H39N3O6/c1-21-25-8-3-5-11-28(25)43-30(21)32(40)35-26(9-4-6-12-29(38)42-2)31(39)36-27-10-7-13-37(33(27)41)20-34-17-22-14-23(18-34)16-24(15-22)19-34/h3,5-8,10-13,22-24,26H,4,9,14-20H2,1-2H3,(H,35,40)(H,36,39)/b12-6+/t22?,23?,24?,26-,34?/m0/s1. The van der Waals surface area contributed by atoms with Crippen molar-refractivity contribution in [3.63, 3.8) is 0 Å². The Hall–Kier alpha value is -4.14. The van der Waals surface area contributed by atoms with E-state index in [1.807, 2.05) is 24.4 Å². The van der Waals surface area contributed by atoms with Gasteiger partial charge in [0.05, 0.1) is 7.11 Å². The molecule has 4 bridgehead atoms. The van der Waals surface area contributed by atoms with Gasteiger partial charge in [0.1, 0.15) is 17.3 Å². The Labute approximate surface area is 250 Å². The van der Waals surface area contributed by atoms with Gasteiger partial charge < -0.3 is 24.4 Å². The van der Waals surface area contributed by atoms with Crippen LogP contribution < -0.4 is 16.2 Å². The largest absolute Gasteiger partial charge is 0.466 e. The van der Waals surface area contributed by atoms with Crippen LogP contribution in [-0.2, 0) is 20.9 Å². The molecule has 43 heavy (non-hydrogen) atoms. The van der Waals surface area contributed by atoms with Crippen molar-refractivity contribution >= 4 is 34.4 Å². The lowest BCUT2D eigenvalue weighted by atomic mass is 9.49. The Kier molecular flexibility index (Phi) is 7.99. The first-order valence-corrected chi connectivity index (χ1v) is 15.3. The molecule has 7 rings (SSSR count). The molecule has 4 aliphatic rings. The quantitative estimate of drug-likeness (QED) is 0.244. The average molecular weight is 586 g/mol. The van der Waals surface area contributed by atoms with Crippen LogP contribution in [0.1, 0.15) is 67.5 Å². The van der Waals surface area contributed by atoms with Crippen LogP contribution in [0.5, 0.6) is 0 Å². The fraction of sp³-hybridized carbons (Fsp3) is 0.471. The van der Waals surface area contributed by atoms with E-state index in [4.69, 9.17) is 4.42 Å². The number of fused-ring (bicyclic) bond motifs is 1. The molecule has 2 N–H and O–H groups in total. The summed E-state index contributed by atoms with van der Waals surface area (Å²) in [5.41, 5.74) is 1.36. The molecule has 0 unspecified atom stereocenters. The summed E-state index contributed by atoms with van der Waals surface area (Å²) >= 11 is 0. The second-order valence-corrected chi connectivity index (χ2v) is 12.8. The fourth-order valence-electron chi connectivity index (χ4n) is 8.22. The highest BCUT2D eigenvalue weighted by Crippen LogP contribution is 2.60. The van der Waals surface area contributed by atoms with Gasteiger partial charge in [-0.1, -0.05) is 24.3 Å². The second kappa shape index (κ2) is 11.9. The number of para-hydroxylation sites is 1. The zero-order valence-electron chi connectivity index (χ0n) is 24.8. The van der Waals surface area contributed by atoms with Crippen molar-refractivity contribution in [1.82, 2.24) is 9.88 Å². The van der Waals surface area contributed by atoms with E-state index in [-0.39, 0.29) is 28.8 Å². The number of methoxy groups -OCH3 is 1. The van der Waals surface area contributed by atoms with Crippen LogP contribution in [-0.4, -0.2) is 35.5 Å². The second-order valence-electron chi connectivity index (χ2n) is 12.8. The summed E-state index contributed by atoms with van der Waals surface area (Å²) in [5.74, 6) is 0.901. The summed E-state index contributed by atoms with van der Waals surface area (Å²) < 4.78 is 12.2. The van der Waals surface area contributed by atoms with Gasteiger partial charge in [0.2, 0.25) is 5.91 Å². The minimum Gasteiger partial charge on any atom is -0.466 e. The number of nitrogens with zero attached hydrogens (tertiary/aromatic N) is 1. The third-order valence-electron chi connectivity index (χ3n) is 9.70. The number of hydrogen-bond donors (Lipinski definition) is 2. The number of esters is 1. The van der Waals surface area contributed by atoms with Crippen LogP contribution >= 0.6 is 0 Å². The predicted molar refractivity (Wildman–Crippen MR) is 163 cm³/mol. The summed E-state index contributed by atoms with van der Waals surface area (Å²) in [6, 6.07) is 9.76. The van der Waals surface area contributed by atoms with E-state index in [0.717, 1.165) is 23.1 Å². The van der Waals surface area contributed by atoms with Gasteiger partial charge in [-0.25, -0.2) is 4.79 Å². The van der Waals surface area contributed by atoms with Gasteiger partial charge in [-0.05, 0) is 99.7 Å². The molecule has 1 atom stereocenters. The number of benzene rings is 1. The molecule has 0 radical (unpaired) electrons. The fourth-order valence-corrected chi connectivity index (χ4v) is 8.22. The minimum absolute atomic E-state index is 0.127. The first kappa shape index (κ1) is 29.0. The number of carbonyl (C=O) groups excluding carboxylic acids is 3. The van der Waals surface area contributed by atoms with Crippen molar-refractivity contribution in [3.8, 4) is 0 Å². The number of ether oxygens (including phenoxy) is 1. The van der Waals surface area contributed by atoms with E-state index in [2.05, 4.69) is 15.4 Å². The van der Waals surface area contributed by atoms with E-state index in [1.165, 1.54) is 51.7 Å². The summed E-state index contributed by atoms with van der Waals surface area (Å²) in [7, 11) is 1.29. The molecule has 226 valence electrons. The van der Waals surface area contributed by atoms with Gasteiger partial charge >= 0.3 is 5.97 Å². The van der Waals surface area contributed by atoms with Crippen molar-refractivity contribution in [3.05, 3.63) is 76.4 Å². The number of amides is 2. The highest BCUT2D eigenvalue weighted by molar-refractivity contribution is 6.03. The van der Waals surface area contributed by atoms with Crippen LogP contribution in [0.15, 0.2) is 64.0 Å². The molecule has 9 nitrogen and oxygen atoms in total. The summed E-state index contributed by atoms with van der Waals surface area (Å²) in [6.45, 7) is 2.47. The molecule has 0 spiro atoms. The Balaban J connectivity index is 1.19. The Bertz CT molecular complexity index is 1600. The van der Waals surface area contributed by atoms with Crippen LogP contribution in [0.25, 0.3) is 11.0 Å². The molecule has 4 saturated carbocycles. The average Bonchev–Trinajstić information content (AvgIpc) is 3.32. The highest BCUT2D eigenvalue weighted by atomic mass is 16.5. The molecule has 4 fully saturated rings. The summed E-state index contributed by atoms with van der Waals surface area (Å²) in [5, 5.41) is 6.39. The third-order valence-corrected chi connectivity index (χ3v) is 9.70. The van der Waals surface area contributed by atoms with Crippen LogP contribution in [0, 0.1) is 30.1 Å². The number of hydrogen-bond acceptors (Lipinski definition) is 6. The lowest BCUT2D eigenvalue weighted by Crippen LogP contribution is -2.49. The zero-order chi connectivity index (χ0) is 30.1. The van der Waals surface area contributed by atoms with Gasteiger partial charge in [0, 0.05) is 29.8 Å². The van der Waals surface area contributed by atoms with E-state index >= 15 is 0 Å². The molecule has 9 heteroatoms. The molecule has 0 saturated heterocycles. The van der Waals surface area contributed by atoms with Gasteiger partial charge in [-0.3, -0.25) is 14.4 Å². The molecular formula is C34H39N3O6. The van der Waals surface area contributed by atoms with Gasteiger partial charge in [0.15, 0.2) is 5.76 Å². The van der Waals surface area contributed by atoms with E-state index in [9.17, 15) is 19.2 Å². The summed E-state index contributed by atoms with van der Waals surface area (Å²) in [6.07, 6.45) is 12.7. The SMILES string of the molecule is COC(=O)/C=C/CC[C@H](NC(=O)c1oc2ccccc2c1C)C(=O)Nc1cccn(CC23CC4CC(CC(C4)C2)C3)c1=O. The van der Waals surface area contributed by atoms with E-state index < -0.39 is 23.8 Å². The lowest BCUT2D eigenvalue weighted by molar-refractivity contribution is -0.134. The minimum atomic E-state index is -0.987. The highest BCUT2D eigenvalue weighted by Gasteiger charge is 2.51. The monoisotopic (exact) mass is 585 g/mol. The number of furan rings is 1. The number of aryl methyl sites for hydroxylation is 1. The summed E-state index contributed by atoms with van der Waals surface area (Å²) in [4.78, 5) is 52.0. The topological polar surface area (TPSA) is 120 Å². The first-order valence-electron chi connectivity index (χ1n) is 15.3. The van der Waals surface area contributed by atoms with Crippen molar-refractivity contribution < 1.29 is 23.5 Å². The molecule has 4 aliphatic carbocycles. The van der Waals surface area contributed by atoms with Gasteiger partial charge in [0.25, 0.3) is 11.5 Å². The molecule has 1 aromatic carbocycles. The number of carbonyl (C=O) groups is 3. The maximum atomic E-state index is 13.6. The van der Waals surface area contributed by atoms with E-state index in [1.54, 1.807) is 35.8 Å². The molecule has 0 aliphatic heterocycles. The normalized spacial score (nSPS) is 24.7. The molecule has 2 heterocycles. The molecule has 2 aromatic heterocycles. The Morgan fingerprint density at radius 1 is 1.07 bits per heavy atom. The van der Waals surface area contributed by atoms with Crippen LogP contribution in [0.2, 0.25) is 0 Å². The molecule has 2 amide bonds. The van der Waals surface area contributed by atoms with Gasteiger partial charge in [-0.15, -0.1) is 0 Å².